The zero-order valence-electron chi connectivity index (χ0n) is 49.7. The molecule has 0 heterocycles. The van der Waals surface area contributed by atoms with Crippen LogP contribution in [-0.4, -0.2) is 49.3 Å². The van der Waals surface area contributed by atoms with Crippen molar-refractivity contribution in [2.45, 2.75) is 290 Å². The maximum atomic E-state index is 12.7. The van der Waals surface area contributed by atoms with Gasteiger partial charge < -0.3 is 20.1 Å². The Labute approximate surface area is 474 Å². The molecule has 0 radical (unpaired) electrons. The summed E-state index contributed by atoms with van der Waals surface area (Å²) in [5, 5.41) is 0. The number of nitrogens with two attached hydrogens (primary N) is 1. The molecule has 444 valence electrons. The molecule has 0 saturated heterocycles. The van der Waals surface area contributed by atoms with E-state index in [4.69, 9.17) is 24.3 Å². The number of allylic oxidation sites excluding steroid dienone is 16. The molecule has 0 bridgehead atoms. The first-order chi connectivity index (χ1) is 37.8. The van der Waals surface area contributed by atoms with E-state index in [1.807, 2.05) is 0 Å². The lowest BCUT2D eigenvalue weighted by Gasteiger charge is -2.19. The van der Waals surface area contributed by atoms with Crippen molar-refractivity contribution in [3.63, 3.8) is 0 Å². The first-order valence-corrected chi connectivity index (χ1v) is 33.2. The van der Waals surface area contributed by atoms with Crippen LogP contribution in [0.15, 0.2) is 97.2 Å². The number of ether oxygens (including phenoxy) is 2. The first kappa shape index (κ1) is 73.9. The number of carbonyl (C=O) groups is 2. The zero-order valence-corrected chi connectivity index (χ0v) is 50.6. The monoisotopic (exact) mass is 1100 g/mol. The van der Waals surface area contributed by atoms with Gasteiger partial charge in [0, 0.05) is 19.4 Å². The third-order valence-corrected chi connectivity index (χ3v) is 14.4. The van der Waals surface area contributed by atoms with Crippen molar-refractivity contribution in [2.75, 3.05) is 26.4 Å². The van der Waals surface area contributed by atoms with Gasteiger partial charge in [0.25, 0.3) is 0 Å². The number of rotatable bonds is 59. The van der Waals surface area contributed by atoms with Gasteiger partial charge in [-0.1, -0.05) is 272 Å². The van der Waals surface area contributed by atoms with Gasteiger partial charge in [0.15, 0.2) is 6.10 Å². The van der Waals surface area contributed by atoms with E-state index in [0.717, 1.165) is 96.3 Å². The summed E-state index contributed by atoms with van der Waals surface area (Å²) in [6.45, 7) is 3.60. The molecule has 2 unspecified atom stereocenters. The van der Waals surface area contributed by atoms with E-state index < -0.39 is 32.5 Å². The Morgan fingerprint density at radius 1 is 0.403 bits per heavy atom. The largest absolute Gasteiger partial charge is 0.472 e. The Morgan fingerprint density at radius 2 is 0.714 bits per heavy atom. The number of carbonyl (C=O) groups excluding carboxylic acids is 2. The lowest BCUT2D eigenvalue weighted by atomic mass is 10.0. The molecule has 0 fully saturated rings. The van der Waals surface area contributed by atoms with Gasteiger partial charge in [0.1, 0.15) is 6.61 Å². The third kappa shape index (κ3) is 62.0. The van der Waals surface area contributed by atoms with Gasteiger partial charge in [-0.15, -0.1) is 0 Å². The molecule has 0 aliphatic carbocycles. The molecule has 0 aliphatic heterocycles. The minimum Gasteiger partial charge on any atom is -0.462 e. The molecule has 0 spiro atoms. The summed E-state index contributed by atoms with van der Waals surface area (Å²) in [5.41, 5.74) is 5.38. The summed E-state index contributed by atoms with van der Waals surface area (Å²) >= 11 is 0. The Kier molecular flexibility index (Phi) is 59.7. The Morgan fingerprint density at radius 3 is 1.06 bits per heavy atom. The highest BCUT2D eigenvalue weighted by Gasteiger charge is 2.26. The fourth-order valence-electron chi connectivity index (χ4n) is 8.79. The normalized spacial score (nSPS) is 13.7. The Hall–Kier alpha value is -3.07. The van der Waals surface area contributed by atoms with E-state index in [1.54, 1.807) is 0 Å². The van der Waals surface area contributed by atoms with Crippen molar-refractivity contribution in [3.05, 3.63) is 97.2 Å². The molecule has 9 nitrogen and oxygen atoms in total. The molecule has 77 heavy (non-hydrogen) atoms. The molecule has 0 amide bonds. The predicted molar refractivity (Wildman–Crippen MR) is 330 cm³/mol. The molecule has 0 aromatic carbocycles. The third-order valence-electron chi connectivity index (χ3n) is 13.5. The summed E-state index contributed by atoms with van der Waals surface area (Å²) in [6, 6.07) is 0. The number of phosphoric ester groups is 1. The Balaban J connectivity index is 3.80. The van der Waals surface area contributed by atoms with Crippen LogP contribution < -0.4 is 5.73 Å². The van der Waals surface area contributed by atoms with Gasteiger partial charge in [-0.2, -0.15) is 0 Å². The number of phosphoric acid groups is 1. The summed E-state index contributed by atoms with van der Waals surface area (Å²) in [7, 11) is -4.39. The Bertz CT molecular complexity index is 1580. The fourth-order valence-corrected chi connectivity index (χ4v) is 9.55. The number of hydrogen-bond acceptors (Lipinski definition) is 8. The van der Waals surface area contributed by atoms with Crippen LogP contribution in [0.5, 0.6) is 0 Å². The summed E-state index contributed by atoms with van der Waals surface area (Å²) in [6.07, 6.45) is 83.6. The van der Waals surface area contributed by atoms with Crippen molar-refractivity contribution < 1.29 is 37.6 Å². The lowest BCUT2D eigenvalue weighted by Crippen LogP contribution is -2.29. The molecular formula is C67H118NO8P. The summed E-state index contributed by atoms with van der Waals surface area (Å²) in [4.78, 5) is 35.2. The average molecular weight is 1100 g/mol. The highest BCUT2D eigenvalue weighted by atomic mass is 31.2. The highest BCUT2D eigenvalue weighted by Crippen LogP contribution is 2.43. The van der Waals surface area contributed by atoms with Crippen molar-refractivity contribution in [1.29, 1.82) is 0 Å². The standard InChI is InChI=1S/C67H118NO8P/c1-3-5-7-9-11-13-15-17-19-20-21-22-23-24-25-26-27-28-29-30-31-32-33-34-35-36-37-38-39-40-41-42-43-44-46-48-50-52-54-56-58-60-67(70)76-65(64-75-77(71,72)74-62-61-68)63-73-66(69)59-57-55-53-51-49-47-45-18-16-14-12-10-8-6-4-2/h5,7,11-14,17-19,21-22,24-25,27-28,45,65H,3-4,6,8-10,15-16,20,23,26,29-44,46-64,68H2,1-2H3,(H,71,72)/b7-5-,13-11-,14-12-,19-17-,22-21-,25-24-,28-27-,45-18-. The molecule has 0 aliphatic rings. The average Bonchev–Trinajstić information content (AvgIpc) is 3.42. The van der Waals surface area contributed by atoms with Crippen LogP contribution in [0.25, 0.3) is 0 Å². The maximum Gasteiger partial charge on any atom is 0.472 e. The quantitative estimate of drug-likeness (QED) is 0.0264. The van der Waals surface area contributed by atoms with Crippen LogP contribution in [-0.2, 0) is 32.7 Å². The summed E-state index contributed by atoms with van der Waals surface area (Å²) < 4.78 is 33.0. The second kappa shape index (κ2) is 62.1. The van der Waals surface area contributed by atoms with E-state index >= 15 is 0 Å². The lowest BCUT2D eigenvalue weighted by molar-refractivity contribution is -0.161. The van der Waals surface area contributed by atoms with E-state index in [2.05, 4.69) is 111 Å². The van der Waals surface area contributed by atoms with Crippen molar-refractivity contribution in [3.8, 4) is 0 Å². The molecular weight excluding hydrogens is 978 g/mol. The zero-order chi connectivity index (χ0) is 55.9. The summed E-state index contributed by atoms with van der Waals surface area (Å²) in [5.74, 6) is -0.837. The SMILES string of the molecule is CC/C=C\C/C=C\C/C=C\C/C=C\C/C=C\C/C=C\CCCCCCCCCCCCCCCCCCCCCCCCC(=O)OC(COC(=O)CCCCCCC/C=C\C/C=C\CCCCC)COP(=O)(O)OCCN. The second-order valence-corrected chi connectivity index (χ2v) is 22.3. The number of unbranched alkanes of at least 4 members (excludes halogenated alkanes) is 30. The van der Waals surface area contributed by atoms with Crippen molar-refractivity contribution in [1.82, 2.24) is 0 Å². The molecule has 0 rings (SSSR count). The van der Waals surface area contributed by atoms with Crippen LogP contribution in [0.1, 0.15) is 284 Å². The second-order valence-electron chi connectivity index (χ2n) is 20.9. The molecule has 0 aromatic heterocycles. The molecule has 10 heteroatoms. The van der Waals surface area contributed by atoms with E-state index in [9.17, 15) is 19.0 Å². The predicted octanol–water partition coefficient (Wildman–Crippen LogP) is 20.4. The van der Waals surface area contributed by atoms with Crippen molar-refractivity contribution >= 4 is 19.8 Å². The van der Waals surface area contributed by atoms with Crippen molar-refractivity contribution in [2.24, 2.45) is 5.73 Å². The number of esters is 2. The molecule has 2 atom stereocenters. The maximum absolute atomic E-state index is 12.7. The van der Waals surface area contributed by atoms with Gasteiger partial charge in [-0.3, -0.25) is 18.6 Å². The van der Waals surface area contributed by atoms with Gasteiger partial charge >= 0.3 is 19.8 Å². The van der Waals surface area contributed by atoms with Crippen LogP contribution in [0.2, 0.25) is 0 Å². The fraction of sp³-hybridized carbons (Fsp3) is 0.731. The van der Waals surface area contributed by atoms with Crippen LogP contribution in [0.4, 0.5) is 0 Å². The topological polar surface area (TPSA) is 134 Å². The first-order valence-electron chi connectivity index (χ1n) is 31.7. The van der Waals surface area contributed by atoms with Gasteiger partial charge in [-0.25, -0.2) is 4.57 Å². The molecule has 0 aromatic rings. The minimum atomic E-state index is -4.39. The van der Waals surface area contributed by atoms with Crippen LogP contribution in [0, 0.1) is 0 Å². The smallest absolute Gasteiger partial charge is 0.462 e. The van der Waals surface area contributed by atoms with Gasteiger partial charge in [0.2, 0.25) is 0 Å². The van der Waals surface area contributed by atoms with E-state index in [1.165, 1.54) is 148 Å². The number of hydrogen-bond donors (Lipinski definition) is 2. The molecule has 0 saturated carbocycles. The van der Waals surface area contributed by atoms with Crippen LogP contribution in [0.3, 0.4) is 0 Å². The van der Waals surface area contributed by atoms with E-state index in [0.29, 0.717) is 12.8 Å². The minimum absolute atomic E-state index is 0.0499. The van der Waals surface area contributed by atoms with Gasteiger partial charge in [-0.05, 0) is 96.3 Å². The van der Waals surface area contributed by atoms with Gasteiger partial charge in [0.05, 0.1) is 13.2 Å². The molecule has 3 N–H and O–H groups in total. The van der Waals surface area contributed by atoms with Crippen LogP contribution >= 0.6 is 7.82 Å². The highest BCUT2D eigenvalue weighted by molar-refractivity contribution is 7.47. The van der Waals surface area contributed by atoms with E-state index in [-0.39, 0.29) is 32.6 Å².